The Hall–Kier alpha value is -1.35. The summed E-state index contributed by atoms with van der Waals surface area (Å²) in [6, 6.07) is 5.97. The molecule has 0 saturated heterocycles. The summed E-state index contributed by atoms with van der Waals surface area (Å²) in [5, 5.41) is 3.18. The maximum absolute atomic E-state index is 5.87. The Kier molecular flexibility index (Phi) is 2.73. The molecule has 0 aliphatic rings. The minimum absolute atomic E-state index is 0.834. The fraction of sp³-hybridized carbons (Fsp3) is 0.250. The molecule has 0 aliphatic carbocycles. The molecule has 0 radical (unpaired) electrons. The number of hydrogen-bond acceptors (Lipinski definition) is 3. The minimum Gasteiger partial charge on any atom is -0.398 e. The maximum Gasteiger partial charge on any atom is 0.123 e. The fourth-order valence-electron chi connectivity index (χ4n) is 1.48. The van der Waals surface area contributed by atoms with Gasteiger partial charge in [0.25, 0.3) is 0 Å². The van der Waals surface area contributed by atoms with E-state index >= 15 is 0 Å². The van der Waals surface area contributed by atoms with Crippen molar-refractivity contribution >= 4 is 17.0 Å². The summed E-state index contributed by atoms with van der Waals surface area (Å²) >= 11 is 1.68. The molecule has 2 rings (SSSR count). The molecule has 2 aromatic rings. The molecule has 1 heterocycles. The smallest absolute Gasteiger partial charge is 0.123 e. The van der Waals surface area contributed by atoms with Crippen LogP contribution in [-0.2, 0) is 6.42 Å². The molecule has 2 N–H and O–H groups in total. The lowest BCUT2D eigenvalue weighted by atomic mass is 10.1. The molecule has 0 unspecified atom stereocenters. The van der Waals surface area contributed by atoms with Crippen molar-refractivity contribution < 1.29 is 0 Å². The molecule has 78 valence electrons. The van der Waals surface area contributed by atoms with E-state index in [1.165, 1.54) is 0 Å². The summed E-state index contributed by atoms with van der Waals surface area (Å²) in [4.78, 5) is 4.56. The molecule has 2 nitrogen and oxygen atoms in total. The predicted molar refractivity (Wildman–Crippen MR) is 66.1 cm³/mol. The highest BCUT2D eigenvalue weighted by atomic mass is 32.1. The van der Waals surface area contributed by atoms with E-state index in [-0.39, 0.29) is 0 Å². The molecule has 0 fully saturated rings. The summed E-state index contributed by atoms with van der Waals surface area (Å²) in [5.41, 5.74) is 10.1. The summed E-state index contributed by atoms with van der Waals surface area (Å²) in [5.74, 6) is 0. The Labute approximate surface area is 93.8 Å². The van der Waals surface area contributed by atoms with Crippen LogP contribution in [0.25, 0.3) is 10.6 Å². The van der Waals surface area contributed by atoms with Gasteiger partial charge in [-0.15, -0.1) is 11.3 Å². The fourth-order valence-corrected chi connectivity index (χ4v) is 2.46. The first-order chi connectivity index (χ1) is 7.22. The highest BCUT2D eigenvalue weighted by Gasteiger charge is 2.07. The average Bonchev–Trinajstić information content (AvgIpc) is 2.70. The number of thiazole rings is 1. The van der Waals surface area contributed by atoms with Gasteiger partial charge in [-0.25, -0.2) is 4.98 Å². The minimum atomic E-state index is 0.834. The molecule has 0 amide bonds. The van der Waals surface area contributed by atoms with Crippen LogP contribution in [0.3, 0.4) is 0 Å². The Bertz CT molecular complexity index is 474. The monoisotopic (exact) mass is 218 g/mol. The standard InChI is InChI=1S/C12H14N2S/c1-3-9-7-15-12(14-9)10-5-4-6-11(13)8(10)2/h4-7H,3,13H2,1-2H3. The number of hydrogen-bond donors (Lipinski definition) is 1. The van der Waals surface area contributed by atoms with Gasteiger partial charge in [0.2, 0.25) is 0 Å². The summed E-state index contributed by atoms with van der Waals surface area (Å²) in [7, 11) is 0. The van der Waals surface area contributed by atoms with E-state index in [1.54, 1.807) is 11.3 Å². The van der Waals surface area contributed by atoms with Crippen molar-refractivity contribution in [3.8, 4) is 10.6 Å². The Morgan fingerprint density at radius 3 is 2.87 bits per heavy atom. The van der Waals surface area contributed by atoms with E-state index in [2.05, 4.69) is 23.4 Å². The van der Waals surface area contributed by atoms with Gasteiger partial charge in [-0.3, -0.25) is 0 Å². The quantitative estimate of drug-likeness (QED) is 0.786. The SMILES string of the molecule is CCc1csc(-c2cccc(N)c2C)n1. The van der Waals surface area contributed by atoms with Gasteiger partial charge in [0.05, 0.1) is 5.69 Å². The molecule has 0 aliphatic heterocycles. The number of aromatic nitrogens is 1. The van der Waals surface area contributed by atoms with Gasteiger partial charge < -0.3 is 5.73 Å². The van der Waals surface area contributed by atoms with Gasteiger partial charge in [-0.1, -0.05) is 19.1 Å². The molecule has 15 heavy (non-hydrogen) atoms. The second-order valence-corrected chi connectivity index (χ2v) is 4.38. The largest absolute Gasteiger partial charge is 0.398 e. The zero-order chi connectivity index (χ0) is 10.8. The first-order valence-electron chi connectivity index (χ1n) is 5.02. The zero-order valence-corrected chi connectivity index (χ0v) is 9.77. The average molecular weight is 218 g/mol. The van der Waals surface area contributed by atoms with Gasteiger partial charge in [0.1, 0.15) is 5.01 Å². The number of aryl methyl sites for hydroxylation is 1. The molecule has 0 saturated carbocycles. The zero-order valence-electron chi connectivity index (χ0n) is 8.95. The van der Waals surface area contributed by atoms with Crippen LogP contribution in [0.4, 0.5) is 5.69 Å². The number of rotatable bonds is 2. The molecule has 0 atom stereocenters. The number of anilines is 1. The second kappa shape index (κ2) is 4.03. The summed E-state index contributed by atoms with van der Waals surface area (Å²) < 4.78 is 0. The third kappa shape index (κ3) is 1.88. The van der Waals surface area contributed by atoms with Crippen molar-refractivity contribution in [2.75, 3.05) is 5.73 Å². The normalized spacial score (nSPS) is 10.5. The lowest BCUT2D eigenvalue weighted by molar-refractivity contribution is 1.06. The van der Waals surface area contributed by atoms with Crippen LogP contribution in [0.1, 0.15) is 18.2 Å². The van der Waals surface area contributed by atoms with Crippen LogP contribution in [0.5, 0.6) is 0 Å². The summed E-state index contributed by atoms with van der Waals surface area (Å²) in [6.07, 6.45) is 0.984. The molecule has 0 spiro atoms. The van der Waals surface area contributed by atoms with Gasteiger partial charge in [-0.05, 0) is 25.0 Å². The predicted octanol–water partition coefficient (Wildman–Crippen LogP) is 3.26. The van der Waals surface area contributed by atoms with Gasteiger partial charge in [0, 0.05) is 16.6 Å². The van der Waals surface area contributed by atoms with Crippen LogP contribution >= 0.6 is 11.3 Å². The molecule has 3 heteroatoms. The van der Waals surface area contributed by atoms with Crippen LogP contribution in [0.15, 0.2) is 23.6 Å². The van der Waals surface area contributed by atoms with Gasteiger partial charge in [0.15, 0.2) is 0 Å². The molecule has 1 aromatic carbocycles. The maximum atomic E-state index is 5.87. The molecule has 0 bridgehead atoms. The highest BCUT2D eigenvalue weighted by molar-refractivity contribution is 7.13. The van der Waals surface area contributed by atoms with E-state index in [1.807, 2.05) is 19.1 Å². The lowest BCUT2D eigenvalue weighted by Crippen LogP contribution is -1.91. The Morgan fingerprint density at radius 1 is 1.40 bits per heavy atom. The van der Waals surface area contributed by atoms with Gasteiger partial charge in [-0.2, -0.15) is 0 Å². The van der Waals surface area contributed by atoms with E-state index < -0.39 is 0 Å². The number of benzene rings is 1. The van der Waals surface area contributed by atoms with Crippen molar-refractivity contribution in [1.29, 1.82) is 0 Å². The third-order valence-corrected chi connectivity index (χ3v) is 3.44. The molecule has 1 aromatic heterocycles. The Morgan fingerprint density at radius 2 is 2.20 bits per heavy atom. The van der Waals surface area contributed by atoms with E-state index in [4.69, 9.17) is 5.73 Å². The van der Waals surface area contributed by atoms with Crippen molar-refractivity contribution in [2.24, 2.45) is 0 Å². The first kappa shape index (κ1) is 10.2. The Balaban J connectivity index is 2.49. The van der Waals surface area contributed by atoms with Gasteiger partial charge >= 0.3 is 0 Å². The van der Waals surface area contributed by atoms with Crippen molar-refractivity contribution in [3.05, 3.63) is 34.8 Å². The van der Waals surface area contributed by atoms with E-state index in [0.29, 0.717) is 0 Å². The van der Waals surface area contributed by atoms with Crippen molar-refractivity contribution in [2.45, 2.75) is 20.3 Å². The van der Waals surface area contributed by atoms with Crippen LogP contribution < -0.4 is 5.73 Å². The summed E-state index contributed by atoms with van der Waals surface area (Å²) in [6.45, 7) is 4.16. The van der Waals surface area contributed by atoms with E-state index in [9.17, 15) is 0 Å². The molecular weight excluding hydrogens is 204 g/mol. The first-order valence-corrected chi connectivity index (χ1v) is 5.90. The van der Waals surface area contributed by atoms with E-state index in [0.717, 1.165) is 33.9 Å². The third-order valence-electron chi connectivity index (χ3n) is 2.52. The van der Waals surface area contributed by atoms with Crippen LogP contribution in [0, 0.1) is 6.92 Å². The van der Waals surface area contributed by atoms with Crippen LogP contribution in [-0.4, -0.2) is 4.98 Å². The number of nitrogens with two attached hydrogens (primary N) is 1. The number of nitrogens with zero attached hydrogens (tertiary/aromatic N) is 1. The molecular formula is C12H14N2S. The van der Waals surface area contributed by atoms with Crippen molar-refractivity contribution in [1.82, 2.24) is 4.98 Å². The van der Waals surface area contributed by atoms with Crippen LogP contribution in [0.2, 0.25) is 0 Å². The number of nitrogen functional groups attached to an aromatic ring is 1. The lowest BCUT2D eigenvalue weighted by Gasteiger charge is -2.04. The topological polar surface area (TPSA) is 38.9 Å². The van der Waals surface area contributed by atoms with Crippen molar-refractivity contribution in [3.63, 3.8) is 0 Å². The second-order valence-electron chi connectivity index (χ2n) is 3.52. The highest BCUT2D eigenvalue weighted by Crippen LogP contribution is 2.29.